The van der Waals surface area contributed by atoms with Gasteiger partial charge in [-0.1, -0.05) is 41.6 Å². The Hall–Kier alpha value is -2.99. The molecular formula is C20H22N4O2. The van der Waals surface area contributed by atoms with Gasteiger partial charge in [0.2, 0.25) is 0 Å². The Bertz CT molecular complexity index is 831. The van der Waals surface area contributed by atoms with Crippen molar-refractivity contribution in [1.29, 1.82) is 0 Å². The average Bonchev–Trinajstić information content (AvgIpc) is 3.16. The molecule has 0 N–H and O–H groups in total. The Morgan fingerprint density at radius 3 is 2.58 bits per heavy atom. The minimum atomic E-state index is -0.151. The number of nitrogens with zero attached hydrogens (tertiary/aromatic N) is 4. The standard InChI is InChI=1S/C20H22N4O2/c1-23(2)11-12-24(15-16-7-6-10-21-14-16)20(25)18-13-19(26-22-18)17-8-4-3-5-9-17/h3-10,13-14H,11-12,15H2,1-2H3. The number of pyridine rings is 1. The first kappa shape index (κ1) is 17.8. The second kappa shape index (κ2) is 8.40. The average molecular weight is 350 g/mol. The van der Waals surface area contributed by atoms with E-state index in [-0.39, 0.29) is 5.91 Å². The summed E-state index contributed by atoms with van der Waals surface area (Å²) in [5, 5.41) is 3.99. The molecule has 0 aliphatic rings. The Kier molecular flexibility index (Phi) is 5.76. The largest absolute Gasteiger partial charge is 0.355 e. The molecule has 1 aromatic carbocycles. The van der Waals surface area contributed by atoms with E-state index >= 15 is 0 Å². The Morgan fingerprint density at radius 1 is 1.08 bits per heavy atom. The summed E-state index contributed by atoms with van der Waals surface area (Å²) in [5.74, 6) is 0.435. The number of hydrogen-bond acceptors (Lipinski definition) is 5. The molecule has 0 bridgehead atoms. The van der Waals surface area contributed by atoms with Gasteiger partial charge in [0, 0.05) is 43.7 Å². The van der Waals surface area contributed by atoms with Crippen LogP contribution in [0.4, 0.5) is 0 Å². The highest BCUT2D eigenvalue weighted by Gasteiger charge is 2.21. The monoisotopic (exact) mass is 350 g/mol. The smallest absolute Gasteiger partial charge is 0.276 e. The molecule has 2 aromatic heterocycles. The number of carbonyl (C=O) groups is 1. The summed E-state index contributed by atoms with van der Waals surface area (Å²) in [6.07, 6.45) is 3.49. The van der Waals surface area contributed by atoms with Crippen LogP contribution in [0, 0.1) is 0 Å². The lowest BCUT2D eigenvalue weighted by atomic mass is 10.1. The molecule has 0 atom stereocenters. The first-order valence-corrected chi connectivity index (χ1v) is 8.48. The van der Waals surface area contributed by atoms with Crippen molar-refractivity contribution >= 4 is 5.91 Å². The summed E-state index contributed by atoms with van der Waals surface area (Å²) >= 11 is 0. The van der Waals surface area contributed by atoms with Gasteiger partial charge in [-0.15, -0.1) is 0 Å². The predicted octanol–water partition coefficient (Wildman–Crippen LogP) is 2.94. The van der Waals surface area contributed by atoms with Crippen LogP contribution in [-0.4, -0.2) is 53.0 Å². The number of amides is 1. The molecule has 0 radical (unpaired) electrons. The van der Waals surface area contributed by atoms with Gasteiger partial charge in [-0.05, 0) is 25.7 Å². The highest BCUT2D eigenvalue weighted by atomic mass is 16.5. The van der Waals surface area contributed by atoms with Crippen LogP contribution in [0.2, 0.25) is 0 Å². The highest BCUT2D eigenvalue weighted by molar-refractivity contribution is 5.93. The van der Waals surface area contributed by atoms with E-state index in [9.17, 15) is 4.79 Å². The second-order valence-electron chi connectivity index (χ2n) is 6.33. The van der Waals surface area contributed by atoms with E-state index in [2.05, 4.69) is 10.1 Å². The molecule has 6 nitrogen and oxygen atoms in total. The highest BCUT2D eigenvalue weighted by Crippen LogP contribution is 2.20. The van der Waals surface area contributed by atoms with E-state index < -0.39 is 0 Å². The van der Waals surface area contributed by atoms with Gasteiger partial charge in [0.15, 0.2) is 11.5 Å². The molecule has 0 spiro atoms. The van der Waals surface area contributed by atoms with Crippen molar-refractivity contribution in [2.24, 2.45) is 0 Å². The van der Waals surface area contributed by atoms with Crippen molar-refractivity contribution in [3.63, 3.8) is 0 Å². The van der Waals surface area contributed by atoms with Crippen molar-refractivity contribution in [3.05, 3.63) is 72.2 Å². The minimum absolute atomic E-state index is 0.151. The molecular weight excluding hydrogens is 328 g/mol. The fourth-order valence-corrected chi connectivity index (χ4v) is 2.56. The Balaban J connectivity index is 1.79. The maximum Gasteiger partial charge on any atom is 0.276 e. The topological polar surface area (TPSA) is 62.5 Å². The van der Waals surface area contributed by atoms with Crippen molar-refractivity contribution in [2.75, 3.05) is 27.2 Å². The van der Waals surface area contributed by atoms with Crippen LogP contribution in [0.3, 0.4) is 0 Å². The van der Waals surface area contributed by atoms with Gasteiger partial charge in [0.05, 0.1) is 0 Å². The van der Waals surface area contributed by atoms with Gasteiger partial charge in [-0.25, -0.2) is 0 Å². The number of aromatic nitrogens is 2. The quantitative estimate of drug-likeness (QED) is 0.656. The lowest BCUT2D eigenvalue weighted by molar-refractivity contribution is 0.0721. The molecule has 2 heterocycles. The zero-order valence-corrected chi connectivity index (χ0v) is 15.0. The molecule has 0 aliphatic carbocycles. The predicted molar refractivity (Wildman–Crippen MR) is 99.5 cm³/mol. The number of rotatable bonds is 7. The summed E-state index contributed by atoms with van der Waals surface area (Å²) < 4.78 is 5.38. The van der Waals surface area contributed by atoms with Crippen LogP contribution < -0.4 is 0 Å². The molecule has 6 heteroatoms. The molecule has 0 saturated heterocycles. The summed E-state index contributed by atoms with van der Waals surface area (Å²) in [4.78, 5) is 20.9. The molecule has 1 amide bonds. The first-order chi connectivity index (χ1) is 12.6. The van der Waals surface area contributed by atoms with Gasteiger partial charge in [0.1, 0.15) is 0 Å². The number of benzene rings is 1. The third-order valence-corrected chi connectivity index (χ3v) is 3.99. The third kappa shape index (κ3) is 4.55. The van der Waals surface area contributed by atoms with E-state index in [4.69, 9.17) is 4.52 Å². The normalized spacial score (nSPS) is 10.9. The Labute approximate surface area is 153 Å². The SMILES string of the molecule is CN(C)CCN(Cc1cccnc1)C(=O)c1cc(-c2ccccc2)on1. The van der Waals surface area contributed by atoms with Crippen molar-refractivity contribution < 1.29 is 9.32 Å². The van der Waals surface area contributed by atoms with Gasteiger partial charge < -0.3 is 14.3 Å². The zero-order valence-electron chi connectivity index (χ0n) is 15.0. The fraction of sp³-hybridized carbons (Fsp3) is 0.250. The van der Waals surface area contributed by atoms with Crippen molar-refractivity contribution in [3.8, 4) is 11.3 Å². The first-order valence-electron chi connectivity index (χ1n) is 8.48. The van der Waals surface area contributed by atoms with Crippen molar-refractivity contribution in [2.45, 2.75) is 6.54 Å². The van der Waals surface area contributed by atoms with E-state index in [1.807, 2.05) is 61.5 Å². The van der Waals surface area contributed by atoms with E-state index in [0.717, 1.165) is 17.7 Å². The summed E-state index contributed by atoms with van der Waals surface area (Å²) in [6.45, 7) is 1.83. The molecule has 0 fully saturated rings. The molecule has 0 aliphatic heterocycles. The molecule has 0 unspecified atom stereocenters. The summed E-state index contributed by atoms with van der Waals surface area (Å²) in [5.41, 5.74) is 2.18. The Morgan fingerprint density at radius 2 is 1.88 bits per heavy atom. The molecule has 3 rings (SSSR count). The van der Waals surface area contributed by atoms with Gasteiger partial charge in [0.25, 0.3) is 5.91 Å². The third-order valence-electron chi connectivity index (χ3n) is 3.99. The lowest BCUT2D eigenvalue weighted by Gasteiger charge is -2.23. The lowest BCUT2D eigenvalue weighted by Crippen LogP contribution is -2.36. The van der Waals surface area contributed by atoms with Crippen molar-refractivity contribution in [1.82, 2.24) is 19.9 Å². The van der Waals surface area contributed by atoms with E-state index in [1.165, 1.54) is 0 Å². The van der Waals surface area contributed by atoms with Gasteiger partial charge >= 0.3 is 0 Å². The molecule has 26 heavy (non-hydrogen) atoms. The number of hydrogen-bond donors (Lipinski definition) is 0. The maximum absolute atomic E-state index is 13.0. The van der Waals surface area contributed by atoms with E-state index in [0.29, 0.717) is 24.5 Å². The van der Waals surface area contributed by atoms with Gasteiger partial charge in [-0.3, -0.25) is 9.78 Å². The zero-order chi connectivity index (χ0) is 18.4. The fourth-order valence-electron chi connectivity index (χ4n) is 2.56. The molecule has 3 aromatic rings. The van der Waals surface area contributed by atoms with Crippen LogP contribution >= 0.6 is 0 Å². The van der Waals surface area contributed by atoms with E-state index in [1.54, 1.807) is 23.4 Å². The van der Waals surface area contributed by atoms with Gasteiger partial charge in [-0.2, -0.15) is 0 Å². The van der Waals surface area contributed by atoms with Crippen LogP contribution in [0.1, 0.15) is 16.1 Å². The number of carbonyl (C=O) groups excluding carboxylic acids is 1. The maximum atomic E-state index is 13.0. The van der Waals surface area contributed by atoms with Crippen LogP contribution in [0.25, 0.3) is 11.3 Å². The van der Waals surface area contributed by atoms with Crippen LogP contribution in [0.5, 0.6) is 0 Å². The summed E-state index contributed by atoms with van der Waals surface area (Å²) in [6, 6.07) is 15.2. The van der Waals surface area contributed by atoms with Crippen LogP contribution in [-0.2, 0) is 6.54 Å². The minimum Gasteiger partial charge on any atom is -0.355 e. The second-order valence-corrected chi connectivity index (χ2v) is 6.33. The number of likely N-dealkylation sites (N-methyl/N-ethyl adjacent to an activating group) is 1. The van der Waals surface area contributed by atoms with Crippen LogP contribution in [0.15, 0.2) is 65.4 Å². The molecule has 134 valence electrons. The summed E-state index contributed by atoms with van der Waals surface area (Å²) in [7, 11) is 3.96. The molecule has 0 saturated carbocycles.